The number of hydrogen-bond acceptors (Lipinski definition) is 6. The van der Waals surface area contributed by atoms with Crippen LogP contribution in [0.5, 0.6) is 0 Å². The minimum Gasteiger partial charge on any atom is -0.301 e. The Morgan fingerprint density at radius 2 is 1.89 bits per heavy atom. The van der Waals surface area contributed by atoms with Crippen LogP contribution in [-0.4, -0.2) is 32.5 Å². The first kappa shape index (κ1) is 18.9. The first-order valence-corrected chi connectivity index (χ1v) is 10.6. The third-order valence-electron chi connectivity index (χ3n) is 3.82. The van der Waals surface area contributed by atoms with Gasteiger partial charge in [-0.3, -0.25) is 14.3 Å². The molecule has 0 unspecified atom stereocenters. The quantitative estimate of drug-likeness (QED) is 0.816. The van der Waals surface area contributed by atoms with E-state index in [1.54, 1.807) is 12.1 Å². The van der Waals surface area contributed by atoms with E-state index in [0.717, 1.165) is 4.90 Å². The van der Waals surface area contributed by atoms with Crippen LogP contribution in [0.25, 0.3) is 0 Å². The second-order valence-corrected chi connectivity index (χ2v) is 8.57. The van der Waals surface area contributed by atoms with E-state index >= 15 is 0 Å². The van der Waals surface area contributed by atoms with Gasteiger partial charge in [-0.1, -0.05) is 24.3 Å². The number of rotatable bonds is 5. The molecule has 0 aliphatic carbocycles. The first-order chi connectivity index (χ1) is 12.9. The normalized spacial score (nSPS) is 13.6. The summed E-state index contributed by atoms with van der Waals surface area (Å²) in [6, 6.07) is 15.2. The summed E-state index contributed by atoms with van der Waals surface area (Å²) in [5.74, 6) is -1.23. The maximum Gasteiger partial charge on any atom is 0.253 e. The van der Waals surface area contributed by atoms with Crippen molar-refractivity contribution in [2.75, 3.05) is 17.2 Å². The summed E-state index contributed by atoms with van der Waals surface area (Å²) in [6.45, 7) is -0.372. The fraction of sp³-hybridized carbons (Fsp3) is 0.167. The van der Waals surface area contributed by atoms with Gasteiger partial charge in [-0.25, -0.2) is 8.42 Å². The number of thioether (sulfide) groups is 1. The number of hydrogen-bond donors (Lipinski definition) is 1. The van der Waals surface area contributed by atoms with Gasteiger partial charge in [-0.15, -0.1) is 11.8 Å². The Kier molecular flexibility index (Phi) is 5.48. The highest BCUT2D eigenvalue weighted by Crippen LogP contribution is 2.34. The molecule has 1 heterocycles. The second kappa shape index (κ2) is 7.82. The zero-order chi connectivity index (χ0) is 19.4. The summed E-state index contributed by atoms with van der Waals surface area (Å²) >= 11 is 1.38. The highest BCUT2D eigenvalue weighted by Gasteiger charge is 2.27. The van der Waals surface area contributed by atoms with Crippen molar-refractivity contribution >= 4 is 39.3 Å². The number of carbonyl (C=O) groups excluding carboxylic acids is 2. The predicted molar refractivity (Wildman–Crippen MR) is 101 cm³/mol. The zero-order valence-electron chi connectivity index (χ0n) is 14.1. The average molecular weight is 401 g/mol. The van der Waals surface area contributed by atoms with Crippen molar-refractivity contribution in [3.05, 3.63) is 59.7 Å². The van der Waals surface area contributed by atoms with E-state index in [4.69, 9.17) is 5.26 Å². The number of sulfonamides is 1. The van der Waals surface area contributed by atoms with Gasteiger partial charge in [-0.2, -0.15) is 5.26 Å². The van der Waals surface area contributed by atoms with Crippen LogP contribution in [0.1, 0.15) is 11.1 Å². The maximum absolute atomic E-state index is 12.2. The zero-order valence-corrected chi connectivity index (χ0v) is 15.7. The van der Waals surface area contributed by atoms with Crippen LogP contribution < -0.4 is 9.62 Å². The molecule has 0 bridgehead atoms. The summed E-state index contributed by atoms with van der Waals surface area (Å²) in [5.41, 5.74) is 1.46. The number of nitrogens with zero attached hydrogens (tertiary/aromatic N) is 2. The van der Waals surface area contributed by atoms with Crippen molar-refractivity contribution < 1.29 is 18.0 Å². The molecule has 138 valence electrons. The lowest BCUT2D eigenvalue weighted by atomic mass is 10.2. The van der Waals surface area contributed by atoms with Gasteiger partial charge in [0.2, 0.25) is 15.9 Å². The third kappa shape index (κ3) is 4.67. The van der Waals surface area contributed by atoms with Crippen LogP contribution in [-0.2, 0) is 25.4 Å². The number of benzene rings is 2. The Labute approximate surface area is 161 Å². The van der Waals surface area contributed by atoms with Gasteiger partial charge in [0, 0.05) is 4.90 Å². The molecule has 27 heavy (non-hydrogen) atoms. The van der Waals surface area contributed by atoms with E-state index in [0.29, 0.717) is 16.8 Å². The Balaban J connectivity index is 1.68. The molecule has 0 saturated carbocycles. The van der Waals surface area contributed by atoms with Crippen LogP contribution in [0.3, 0.4) is 0 Å². The Hall–Kier alpha value is -2.83. The second-order valence-electron chi connectivity index (χ2n) is 5.83. The topological polar surface area (TPSA) is 107 Å². The number of anilines is 1. The number of carbonyl (C=O) groups is 2. The molecular formula is C18H15N3O4S2. The van der Waals surface area contributed by atoms with Gasteiger partial charge in [0.05, 0.1) is 28.8 Å². The summed E-state index contributed by atoms with van der Waals surface area (Å²) in [7, 11) is -3.92. The van der Waals surface area contributed by atoms with Gasteiger partial charge in [0.25, 0.3) is 5.91 Å². The molecule has 7 nitrogen and oxygen atoms in total. The number of nitrogens with one attached hydrogen (secondary N) is 1. The SMILES string of the molecule is N#Cc1ccc(CS(=O)(=O)NC(=O)CN2C(=O)CSc3ccccc32)cc1. The molecule has 0 aromatic heterocycles. The molecule has 0 fully saturated rings. The van der Waals surface area contributed by atoms with Crippen molar-refractivity contribution in [1.29, 1.82) is 5.26 Å². The lowest BCUT2D eigenvalue weighted by molar-refractivity contribution is -0.121. The Morgan fingerprint density at radius 3 is 2.59 bits per heavy atom. The Bertz CT molecular complexity index is 1030. The van der Waals surface area contributed by atoms with E-state index in [9.17, 15) is 18.0 Å². The molecule has 0 atom stereocenters. The summed E-state index contributed by atoms with van der Waals surface area (Å²) < 4.78 is 26.5. The number of para-hydroxylation sites is 1. The molecule has 1 N–H and O–H groups in total. The molecule has 2 amide bonds. The summed E-state index contributed by atoms with van der Waals surface area (Å²) in [4.78, 5) is 26.6. The highest BCUT2D eigenvalue weighted by atomic mass is 32.2. The van der Waals surface area contributed by atoms with Gasteiger partial charge in [0.15, 0.2) is 0 Å². The summed E-state index contributed by atoms with van der Waals surface area (Å²) in [6.07, 6.45) is 0. The number of amides is 2. The van der Waals surface area contributed by atoms with Crippen LogP contribution >= 0.6 is 11.8 Å². The molecule has 1 aliphatic rings. The van der Waals surface area contributed by atoms with Crippen molar-refractivity contribution in [2.45, 2.75) is 10.6 Å². The monoisotopic (exact) mass is 401 g/mol. The Morgan fingerprint density at radius 1 is 1.19 bits per heavy atom. The summed E-state index contributed by atoms with van der Waals surface area (Å²) in [5, 5.41) is 8.77. The molecule has 0 saturated heterocycles. The standard InChI is InChI=1S/C18H15N3O4S2/c19-9-13-5-7-14(8-6-13)12-27(24,25)20-17(22)10-21-15-3-1-2-4-16(15)26-11-18(21)23/h1-8H,10-12H2,(H,20,22). The largest absolute Gasteiger partial charge is 0.301 e. The molecule has 1 aliphatic heterocycles. The predicted octanol–water partition coefficient (Wildman–Crippen LogP) is 1.64. The maximum atomic E-state index is 12.2. The third-order valence-corrected chi connectivity index (χ3v) is 6.12. The van der Waals surface area contributed by atoms with Crippen LogP contribution in [0.4, 0.5) is 5.69 Å². The minimum atomic E-state index is -3.92. The number of fused-ring (bicyclic) bond motifs is 1. The van der Waals surface area contributed by atoms with Crippen molar-refractivity contribution in [1.82, 2.24) is 4.72 Å². The van der Waals surface area contributed by atoms with Crippen molar-refractivity contribution in [3.8, 4) is 6.07 Å². The fourth-order valence-electron chi connectivity index (χ4n) is 2.61. The molecule has 9 heteroatoms. The van der Waals surface area contributed by atoms with Gasteiger partial charge in [0.1, 0.15) is 6.54 Å². The molecule has 0 radical (unpaired) electrons. The fourth-order valence-corrected chi connectivity index (χ4v) is 4.66. The van der Waals surface area contributed by atoms with E-state index < -0.39 is 21.7 Å². The molecule has 2 aromatic carbocycles. The minimum absolute atomic E-state index is 0.197. The van der Waals surface area contributed by atoms with E-state index in [-0.39, 0.29) is 18.2 Å². The van der Waals surface area contributed by atoms with E-state index in [1.807, 2.05) is 22.9 Å². The number of nitriles is 1. The van der Waals surface area contributed by atoms with Crippen molar-refractivity contribution in [2.24, 2.45) is 0 Å². The molecular weight excluding hydrogens is 386 g/mol. The van der Waals surface area contributed by atoms with Gasteiger partial charge < -0.3 is 4.90 Å². The lowest BCUT2D eigenvalue weighted by Gasteiger charge is -2.28. The van der Waals surface area contributed by atoms with Gasteiger partial charge in [-0.05, 0) is 29.8 Å². The average Bonchev–Trinajstić information content (AvgIpc) is 2.64. The van der Waals surface area contributed by atoms with Crippen LogP contribution in [0.2, 0.25) is 0 Å². The lowest BCUT2D eigenvalue weighted by Crippen LogP contribution is -2.45. The molecule has 2 aromatic rings. The smallest absolute Gasteiger partial charge is 0.253 e. The van der Waals surface area contributed by atoms with E-state index in [2.05, 4.69) is 0 Å². The molecule has 3 rings (SSSR count). The van der Waals surface area contributed by atoms with E-state index in [1.165, 1.54) is 40.9 Å². The first-order valence-electron chi connectivity index (χ1n) is 7.92. The molecule has 0 spiro atoms. The van der Waals surface area contributed by atoms with Crippen LogP contribution in [0, 0.1) is 11.3 Å². The van der Waals surface area contributed by atoms with Crippen LogP contribution in [0.15, 0.2) is 53.4 Å². The van der Waals surface area contributed by atoms with Gasteiger partial charge >= 0.3 is 0 Å². The van der Waals surface area contributed by atoms with Crippen molar-refractivity contribution in [3.63, 3.8) is 0 Å². The highest BCUT2D eigenvalue weighted by molar-refractivity contribution is 8.00.